The van der Waals surface area contributed by atoms with Crippen LogP contribution in [0.5, 0.6) is 5.75 Å². The molecule has 0 bridgehead atoms. The first-order chi connectivity index (χ1) is 12.0. The second kappa shape index (κ2) is 7.27. The van der Waals surface area contributed by atoms with E-state index in [9.17, 15) is 4.79 Å². The molecule has 1 aromatic carbocycles. The number of rotatable bonds is 6. The summed E-state index contributed by atoms with van der Waals surface area (Å²) in [6.45, 7) is 22.4. The Morgan fingerprint density at radius 2 is 1.96 bits per heavy atom. The third kappa shape index (κ3) is 3.85. The average Bonchev–Trinajstić information content (AvgIpc) is 2.78. The molecular formula is C23H31NO2. The molecule has 26 heavy (non-hydrogen) atoms. The van der Waals surface area contributed by atoms with Crippen LogP contribution in [-0.4, -0.2) is 18.4 Å². The Balaban J connectivity index is 2.48. The monoisotopic (exact) mass is 353 g/mol. The molecule has 2 rings (SSSR count). The quantitative estimate of drug-likeness (QED) is 0.481. The number of allylic oxidation sites excluding steroid dienone is 1. The lowest BCUT2D eigenvalue weighted by molar-refractivity contribution is -0.125. The van der Waals surface area contributed by atoms with Crippen molar-refractivity contribution in [3.05, 3.63) is 46.3 Å². The number of fused-ring (bicyclic) bond motifs is 1. The number of hydrogen-bond donors (Lipinski definition) is 0. The zero-order chi connectivity index (χ0) is 19.7. The van der Waals surface area contributed by atoms with Crippen LogP contribution in [0.2, 0.25) is 0 Å². The molecule has 3 nitrogen and oxygen atoms in total. The van der Waals surface area contributed by atoms with E-state index in [-0.39, 0.29) is 11.2 Å². The Bertz CT molecular complexity index is 773. The Kier molecular flexibility index (Phi) is 5.66. The summed E-state index contributed by atoms with van der Waals surface area (Å²) in [5.41, 5.74) is 3.30. The molecule has 1 aliphatic carbocycles. The highest BCUT2D eigenvalue weighted by atomic mass is 16.5. The largest absolute Gasteiger partial charge is 0.493 e. The van der Waals surface area contributed by atoms with E-state index in [0.717, 1.165) is 40.9 Å². The summed E-state index contributed by atoms with van der Waals surface area (Å²) in [6.07, 6.45) is 4.23. The van der Waals surface area contributed by atoms with Crippen molar-refractivity contribution in [1.82, 2.24) is 0 Å². The van der Waals surface area contributed by atoms with Crippen molar-refractivity contribution in [3.63, 3.8) is 0 Å². The van der Waals surface area contributed by atoms with E-state index in [1.807, 2.05) is 27.7 Å². The minimum absolute atomic E-state index is 0.0247. The lowest BCUT2D eigenvalue weighted by atomic mass is 9.82. The van der Waals surface area contributed by atoms with Crippen LogP contribution in [0.25, 0.3) is 10.4 Å². The average molecular weight is 354 g/mol. The van der Waals surface area contributed by atoms with E-state index in [1.54, 1.807) is 0 Å². The van der Waals surface area contributed by atoms with Crippen LogP contribution in [0.3, 0.4) is 0 Å². The number of benzene rings is 1. The molecule has 1 unspecified atom stereocenters. The van der Waals surface area contributed by atoms with Gasteiger partial charge in [-0.25, -0.2) is 6.57 Å². The van der Waals surface area contributed by atoms with Crippen molar-refractivity contribution in [2.75, 3.05) is 6.61 Å². The van der Waals surface area contributed by atoms with E-state index >= 15 is 0 Å². The maximum atomic E-state index is 12.9. The lowest BCUT2D eigenvalue weighted by Crippen LogP contribution is -2.31. The maximum Gasteiger partial charge on any atom is 0.306 e. The standard InChI is InChI=1S/C23H31NO2/c1-9-10-11-26-19-13-18-16(12-15(19)2)17(14-23(18,6)7)20(24-8)21(25)22(3,4)5/h12-14,20H,9-11H2,1-7H3. The van der Waals surface area contributed by atoms with Crippen molar-refractivity contribution in [3.8, 4) is 5.75 Å². The second-order valence-electron chi connectivity index (χ2n) is 8.83. The Morgan fingerprint density at radius 3 is 2.50 bits per heavy atom. The molecule has 0 amide bonds. The molecule has 0 heterocycles. The smallest absolute Gasteiger partial charge is 0.306 e. The molecule has 0 fully saturated rings. The number of aryl methyl sites for hydroxylation is 1. The molecule has 0 aromatic heterocycles. The van der Waals surface area contributed by atoms with Gasteiger partial charge in [0.1, 0.15) is 5.75 Å². The van der Waals surface area contributed by atoms with E-state index < -0.39 is 11.5 Å². The topological polar surface area (TPSA) is 30.7 Å². The molecule has 140 valence electrons. The van der Waals surface area contributed by atoms with Gasteiger partial charge < -0.3 is 4.74 Å². The van der Waals surface area contributed by atoms with Gasteiger partial charge in [0.2, 0.25) is 5.78 Å². The molecule has 3 heteroatoms. The summed E-state index contributed by atoms with van der Waals surface area (Å²) in [7, 11) is 0. The number of Topliss-reactive ketones (excluding diaryl/α,β-unsaturated/α-hetero) is 1. The summed E-state index contributed by atoms with van der Waals surface area (Å²) in [6, 6.07) is 3.44. The Labute approximate surface area is 158 Å². The van der Waals surface area contributed by atoms with Gasteiger partial charge >= 0.3 is 6.04 Å². The van der Waals surface area contributed by atoms with Gasteiger partial charge in [-0.3, -0.25) is 9.64 Å². The van der Waals surface area contributed by atoms with Gasteiger partial charge in [0.15, 0.2) is 0 Å². The first kappa shape index (κ1) is 20.2. The van der Waals surface area contributed by atoms with Crippen molar-refractivity contribution in [1.29, 1.82) is 0 Å². The molecule has 1 aromatic rings. The van der Waals surface area contributed by atoms with E-state index in [2.05, 4.69) is 43.8 Å². The molecule has 0 N–H and O–H groups in total. The van der Waals surface area contributed by atoms with Gasteiger partial charge in [-0.1, -0.05) is 54.0 Å². The highest BCUT2D eigenvalue weighted by molar-refractivity contribution is 6.03. The van der Waals surface area contributed by atoms with Gasteiger partial charge in [-0.2, -0.15) is 0 Å². The molecule has 1 atom stereocenters. The molecule has 1 aliphatic rings. The van der Waals surface area contributed by atoms with E-state index in [0.29, 0.717) is 6.61 Å². The number of carbonyl (C=O) groups excluding carboxylic acids is 1. The number of unbranched alkanes of at least 4 members (excludes halogenated alkanes) is 1. The van der Waals surface area contributed by atoms with Gasteiger partial charge in [0.05, 0.1) is 6.61 Å². The molecule has 0 aliphatic heterocycles. The van der Waals surface area contributed by atoms with Crippen LogP contribution in [-0.2, 0) is 10.2 Å². The summed E-state index contributed by atoms with van der Waals surface area (Å²) >= 11 is 0. The minimum atomic E-state index is -0.748. The van der Waals surface area contributed by atoms with Crippen LogP contribution >= 0.6 is 0 Å². The van der Waals surface area contributed by atoms with Gasteiger partial charge in [0.25, 0.3) is 0 Å². The molecule has 0 spiro atoms. The van der Waals surface area contributed by atoms with Crippen molar-refractivity contribution >= 4 is 11.4 Å². The third-order valence-electron chi connectivity index (χ3n) is 5.00. The number of nitrogens with zero attached hydrogens (tertiary/aromatic N) is 1. The normalized spacial score (nSPS) is 16.5. The second-order valence-corrected chi connectivity index (χ2v) is 8.83. The number of ether oxygens (including phenoxy) is 1. The van der Waals surface area contributed by atoms with Crippen LogP contribution in [0.4, 0.5) is 0 Å². The highest BCUT2D eigenvalue weighted by Crippen LogP contribution is 2.45. The first-order valence-corrected chi connectivity index (χ1v) is 9.45. The highest BCUT2D eigenvalue weighted by Gasteiger charge is 2.43. The minimum Gasteiger partial charge on any atom is -0.493 e. The van der Waals surface area contributed by atoms with Gasteiger partial charge in [-0.05, 0) is 42.2 Å². The molecule has 0 saturated heterocycles. The lowest BCUT2D eigenvalue weighted by Gasteiger charge is -2.20. The number of hydrogen-bond acceptors (Lipinski definition) is 2. The molecule has 0 saturated carbocycles. The van der Waals surface area contributed by atoms with Gasteiger partial charge in [0, 0.05) is 16.4 Å². The Hall–Kier alpha value is -2.08. The summed E-state index contributed by atoms with van der Waals surface area (Å²) in [5.74, 6) is 0.879. The number of carbonyl (C=O) groups is 1. The fraction of sp³-hybridized carbons (Fsp3) is 0.565. The van der Waals surface area contributed by atoms with Crippen LogP contribution in [0.15, 0.2) is 18.2 Å². The fourth-order valence-corrected chi connectivity index (χ4v) is 3.39. The predicted octanol–water partition coefficient (Wildman–Crippen LogP) is 5.75. The van der Waals surface area contributed by atoms with Gasteiger partial charge in [-0.15, -0.1) is 0 Å². The maximum absolute atomic E-state index is 12.9. The Morgan fingerprint density at radius 1 is 1.31 bits per heavy atom. The summed E-state index contributed by atoms with van der Waals surface area (Å²) in [4.78, 5) is 16.6. The summed E-state index contributed by atoms with van der Waals surface area (Å²) < 4.78 is 5.97. The number of ketones is 1. The molecule has 0 radical (unpaired) electrons. The third-order valence-corrected chi connectivity index (χ3v) is 5.00. The van der Waals surface area contributed by atoms with Crippen molar-refractivity contribution < 1.29 is 9.53 Å². The zero-order valence-electron chi connectivity index (χ0n) is 17.2. The van der Waals surface area contributed by atoms with Crippen LogP contribution in [0.1, 0.15) is 71.1 Å². The van der Waals surface area contributed by atoms with Crippen LogP contribution < -0.4 is 4.74 Å². The van der Waals surface area contributed by atoms with E-state index in [4.69, 9.17) is 11.3 Å². The molecular weight excluding hydrogens is 322 g/mol. The summed E-state index contributed by atoms with van der Waals surface area (Å²) in [5, 5.41) is 0. The zero-order valence-corrected chi connectivity index (χ0v) is 17.2. The fourth-order valence-electron chi connectivity index (χ4n) is 3.39. The first-order valence-electron chi connectivity index (χ1n) is 9.45. The predicted molar refractivity (Wildman–Crippen MR) is 107 cm³/mol. The van der Waals surface area contributed by atoms with Crippen molar-refractivity contribution in [2.45, 2.75) is 72.8 Å². The SMILES string of the molecule is [C-]#[N+]C(C(=O)C(C)(C)C)C1=CC(C)(C)c2cc(OCCCC)c(C)cc21. The van der Waals surface area contributed by atoms with E-state index in [1.165, 1.54) is 0 Å². The van der Waals surface area contributed by atoms with Crippen LogP contribution in [0, 0.1) is 18.9 Å². The van der Waals surface area contributed by atoms with Crippen molar-refractivity contribution in [2.24, 2.45) is 5.41 Å².